The smallest absolute Gasteiger partial charge is 0.0180 e. The van der Waals surface area contributed by atoms with Gasteiger partial charge in [0.15, 0.2) is 0 Å². The minimum Gasteiger partial charge on any atom is -0.104 e. The van der Waals surface area contributed by atoms with Gasteiger partial charge in [-0.1, -0.05) is 19.1 Å². The van der Waals surface area contributed by atoms with Crippen LogP contribution in [0.5, 0.6) is 0 Å². The molecule has 0 radical (unpaired) electrons. The van der Waals surface area contributed by atoms with Gasteiger partial charge in [-0.3, -0.25) is 0 Å². The van der Waals surface area contributed by atoms with E-state index in [1.165, 1.54) is 4.91 Å². The van der Waals surface area contributed by atoms with Crippen molar-refractivity contribution in [3.8, 4) is 0 Å². The average Bonchev–Trinajstić information content (AvgIpc) is 1.85. The van der Waals surface area contributed by atoms with Gasteiger partial charge in [-0.15, -0.1) is 11.8 Å². The molecule has 0 aliphatic carbocycles. The third-order valence-corrected chi connectivity index (χ3v) is 1.83. The molecule has 52 valence electrons. The Morgan fingerprint density at radius 3 is 2.67 bits per heavy atom. The number of thioether (sulfide) groups is 1. The van der Waals surface area contributed by atoms with Gasteiger partial charge in [0, 0.05) is 0 Å². The van der Waals surface area contributed by atoms with Gasteiger partial charge >= 0.3 is 0 Å². The molecule has 0 atom stereocenters. The standard InChI is InChI=1S/C8H14S/c1-4-6-8(3)9-7-5-2/h5-7H,4H2,1-3H3/b7-5-,8-6+. The van der Waals surface area contributed by atoms with Gasteiger partial charge in [0.1, 0.15) is 0 Å². The zero-order chi connectivity index (χ0) is 7.11. The molecule has 0 rings (SSSR count). The summed E-state index contributed by atoms with van der Waals surface area (Å²) in [6.07, 6.45) is 5.42. The SMILES string of the molecule is C/C=C\S/C(C)=C/CC. The lowest BCUT2D eigenvalue weighted by Crippen LogP contribution is -1.61. The quantitative estimate of drug-likeness (QED) is 0.580. The summed E-state index contributed by atoms with van der Waals surface area (Å²) in [5.41, 5.74) is 0. The van der Waals surface area contributed by atoms with Crippen LogP contribution in [0.25, 0.3) is 0 Å². The molecule has 0 spiro atoms. The molecule has 0 N–H and O–H groups in total. The van der Waals surface area contributed by atoms with E-state index in [-0.39, 0.29) is 0 Å². The number of hydrogen-bond donors (Lipinski definition) is 0. The summed E-state index contributed by atoms with van der Waals surface area (Å²) in [6, 6.07) is 0. The lowest BCUT2D eigenvalue weighted by atomic mass is 10.4. The van der Waals surface area contributed by atoms with Crippen LogP contribution in [0.3, 0.4) is 0 Å². The zero-order valence-electron chi connectivity index (χ0n) is 6.35. The van der Waals surface area contributed by atoms with Crippen LogP contribution in [-0.2, 0) is 0 Å². The summed E-state index contributed by atoms with van der Waals surface area (Å²) in [7, 11) is 0. The largest absolute Gasteiger partial charge is 0.104 e. The van der Waals surface area contributed by atoms with E-state index in [0.717, 1.165) is 6.42 Å². The van der Waals surface area contributed by atoms with Crippen molar-refractivity contribution in [2.45, 2.75) is 27.2 Å². The van der Waals surface area contributed by atoms with E-state index < -0.39 is 0 Å². The lowest BCUT2D eigenvalue weighted by molar-refractivity contribution is 1.21. The van der Waals surface area contributed by atoms with E-state index in [0.29, 0.717) is 0 Å². The van der Waals surface area contributed by atoms with E-state index in [1.807, 2.05) is 6.92 Å². The number of allylic oxidation sites excluding steroid dienone is 3. The van der Waals surface area contributed by atoms with Crippen molar-refractivity contribution in [1.82, 2.24) is 0 Å². The Morgan fingerprint density at radius 2 is 2.22 bits per heavy atom. The van der Waals surface area contributed by atoms with Crippen LogP contribution in [0, 0.1) is 0 Å². The van der Waals surface area contributed by atoms with Gasteiger partial charge < -0.3 is 0 Å². The number of hydrogen-bond acceptors (Lipinski definition) is 1. The maximum absolute atomic E-state index is 2.23. The predicted octanol–water partition coefficient (Wildman–Crippen LogP) is 3.57. The van der Waals surface area contributed by atoms with E-state index in [9.17, 15) is 0 Å². The summed E-state index contributed by atoms with van der Waals surface area (Å²) in [5.74, 6) is 0. The van der Waals surface area contributed by atoms with E-state index in [4.69, 9.17) is 0 Å². The summed E-state index contributed by atoms with van der Waals surface area (Å²) in [5, 5.41) is 2.10. The molecular weight excluding hydrogens is 128 g/mol. The second-order valence-electron chi connectivity index (χ2n) is 1.81. The van der Waals surface area contributed by atoms with Crippen LogP contribution in [0.4, 0.5) is 0 Å². The van der Waals surface area contributed by atoms with Gasteiger partial charge in [-0.2, -0.15) is 0 Å². The summed E-state index contributed by atoms with van der Waals surface area (Å²) in [4.78, 5) is 1.38. The summed E-state index contributed by atoms with van der Waals surface area (Å²) >= 11 is 1.78. The van der Waals surface area contributed by atoms with Crippen LogP contribution in [0.1, 0.15) is 27.2 Å². The predicted molar refractivity (Wildman–Crippen MR) is 46.5 cm³/mol. The van der Waals surface area contributed by atoms with Crippen molar-refractivity contribution in [3.05, 3.63) is 22.5 Å². The van der Waals surface area contributed by atoms with Gasteiger partial charge in [0.05, 0.1) is 0 Å². The molecule has 0 fully saturated rings. The first-order chi connectivity index (χ1) is 4.31. The van der Waals surface area contributed by atoms with Crippen molar-refractivity contribution >= 4 is 11.8 Å². The van der Waals surface area contributed by atoms with E-state index >= 15 is 0 Å². The Hall–Kier alpha value is -0.170. The molecule has 0 aromatic rings. The van der Waals surface area contributed by atoms with Crippen LogP contribution in [-0.4, -0.2) is 0 Å². The van der Waals surface area contributed by atoms with Gasteiger partial charge in [0.25, 0.3) is 0 Å². The topological polar surface area (TPSA) is 0 Å². The summed E-state index contributed by atoms with van der Waals surface area (Å²) < 4.78 is 0. The molecule has 0 saturated heterocycles. The Morgan fingerprint density at radius 1 is 1.56 bits per heavy atom. The van der Waals surface area contributed by atoms with Crippen molar-refractivity contribution < 1.29 is 0 Å². The highest BCUT2D eigenvalue weighted by molar-refractivity contribution is 8.05. The Kier molecular flexibility index (Phi) is 5.85. The van der Waals surface area contributed by atoms with E-state index in [2.05, 4.69) is 31.4 Å². The molecule has 0 unspecified atom stereocenters. The lowest BCUT2D eigenvalue weighted by Gasteiger charge is -1.90. The highest BCUT2D eigenvalue weighted by Crippen LogP contribution is 2.15. The minimum absolute atomic E-state index is 1.14. The Balaban J connectivity index is 3.49. The molecule has 0 aromatic carbocycles. The third-order valence-electron chi connectivity index (χ3n) is 0.882. The number of rotatable bonds is 3. The maximum atomic E-state index is 2.23. The van der Waals surface area contributed by atoms with Crippen LogP contribution >= 0.6 is 11.8 Å². The van der Waals surface area contributed by atoms with Gasteiger partial charge in [0.2, 0.25) is 0 Å². The average molecular weight is 142 g/mol. The van der Waals surface area contributed by atoms with Gasteiger partial charge in [-0.25, -0.2) is 0 Å². The molecule has 0 bridgehead atoms. The summed E-state index contributed by atoms with van der Waals surface area (Å²) in [6.45, 7) is 6.32. The first-order valence-electron chi connectivity index (χ1n) is 3.25. The first-order valence-corrected chi connectivity index (χ1v) is 4.13. The normalized spacial score (nSPS) is 13.0. The second-order valence-corrected chi connectivity index (χ2v) is 2.96. The highest BCUT2D eigenvalue weighted by atomic mass is 32.2. The highest BCUT2D eigenvalue weighted by Gasteiger charge is 1.80. The molecule has 0 aromatic heterocycles. The molecule has 0 amide bonds. The van der Waals surface area contributed by atoms with Crippen molar-refractivity contribution in [2.75, 3.05) is 0 Å². The second kappa shape index (κ2) is 5.96. The fourth-order valence-corrected chi connectivity index (χ4v) is 1.12. The van der Waals surface area contributed by atoms with Crippen molar-refractivity contribution in [2.24, 2.45) is 0 Å². The van der Waals surface area contributed by atoms with Crippen molar-refractivity contribution in [3.63, 3.8) is 0 Å². The van der Waals surface area contributed by atoms with Crippen LogP contribution in [0.2, 0.25) is 0 Å². The molecule has 0 saturated carbocycles. The van der Waals surface area contributed by atoms with Crippen LogP contribution < -0.4 is 0 Å². The fraction of sp³-hybridized carbons (Fsp3) is 0.500. The molecule has 9 heavy (non-hydrogen) atoms. The molecule has 0 aliphatic heterocycles. The Labute approximate surface area is 62.0 Å². The van der Waals surface area contributed by atoms with E-state index in [1.54, 1.807) is 11.8 Å². The molecule has 0 aliphatic rings. The molecular formula is C8H14S. The van der Waals surface area contributed by atoms with Gasteiger partial charge in [-0.05, 0) is 30.6 Å². The Bertz CT molecular complexity index is 112. The molecule has 1 heteroatoms. The monoisotopic (exact) mass is 142 g/mol. The van der Waals surface area contributed by atoms with Crippen molar-refractivity contribution in [1.29, 1.82) is 0 Å². The molecule has 0 nitrogen and oxygen atoms in total. The van der Waals surface area contributed by atoms with Crippen LogP contribution in [0.15, 0.2) is 22.5 Å². The maximum Gasteiger partial charge on any atom is -0.0180 e. The first kappa shape index (κ1) is 8.83. The fourth-order valence-electron chi connectivity index (χ4n) is 0.511. The minimum atomic E-state index is 1.14. The third kappa shape index (κ3) is 5.71. The zero-order valence-corrected chi connectivity index (χ0v) is 7.16. The molecule has 0 heterocycles.